The molecular weight excluding hydrogens is 514 g/mol. The van der Waals surface area contributed by atoms with Gasteiger partial charge in [0.05, 0.1) is 32.8 Å². The highest BCUT2D eigenvalue weighted by Crippen LogP contribution is 2.33. The summed E-state index contributed by atoms with van der Waals surface area (Å²) >= 11 is 1.33. The standard InChI is InChI=1S/C29H29N5O4S/c1-36-21-8-6-7-20(16-21)34-28(23-17-31-24-10-5-4-9-22(23)24)32-33-29(34)39-18-27(35)30-14-13-19-11-12-25(37-2)26(15-19)38-3/h4-12,15-17,31H,13-14,18H2,1-3H3,(H,30,35). The van der Waals surface area contributed by atoms with Crippen molar-refractivity contribution >= 4 is 28.6 Å². The topological polar surface area (TPSA) is 103 Å². The van der Waals surface area contributed by atoms with E-state index in [9.17, 15) is 4.79 Å². The summed E-state index contributed by atoms with van der Waals surface area (Å²) in [7, 11) is 4.84. The zero-order valence-corrected chi connectivity index (χ0v) is 22.7. The minimum Gasteiger partial charge on any atom is -0.497 e. The number of amides is 1. The molecule has 0 radical (unpaired) electrons. The van der Waals surface area contributed by atoms with Crippen LogP contribution in [-0.4, -0.2) is 59.3 Å². The number of carbonyl (C=O) groups is 1. The van der Waals surface area contributed by atoms with Crippen molar-refractivity contribution in [3.8, 4) is 34.3 Å². The zero-order valence-electron chi connectivity index (χ0n) is 21.9. The lowest BCUT2D eigenvalue weighted by molar-refractivity contribution is -0.118. The van der Waals surface area contributed by atoms with E-state index in [4.69, 9.17) is 14.2 Å². The number of fused-ring (bicyclic) bond motifs is 1. The highest BCUT2D eigenvalue weighted by Gasteiger charge is 2.20. The minimum atomic E-state index is -0.0886. The maximum atomic E-state index is 12.7. The van der Waals surface area contributed by atoms with E-state index < -0.39 is 0 Å². The van der Waals surface area contributed by atoms with Crippen LogP contribution in [0.25, 0.3) is 28.0 Å². The Hall–Kier alpha value is -4.44. The molecule has 9 nitrogen and oxygen atoms in total. The first-order chi connectivity index (χ1) is 19.1. The van der Waals surface area contributed by atoms with Crippen molar-refractivity contribution in [1.29, 1.82) is 0 Å². The first-order valence-electron chi connectivity index (χ1n) is 12.4. The van der Waals surface area contributed by atoms with E-state index in [2.05, 4.69) is 20.5 Å². The van der Waals surface area contributed by atoms with E-state index >= 15 is 0 Å². The van der Waals surface area contributed by atoms with Crippen molar-refractivity contribution in [3.05, 3.63) is 78.5 Å². The summed E-state index contributed by atoms with van der Waals surface area (Å²) in [6, 6.07) is 21.5. The molecule has 0 spiro atoms. The van der Waals surface area contributed by atoms with Crippen molar-refractivity contribution in [3.63, 3.8) is 0 Å². The molecule has 5 rings (SSSR count). The number of carbonyl (C=O) groups excluding carboxylic acids is 1. The molecule has 39 heavy (non-hydrogen) atoms. The summed E-state index contributed by atoms with van der Waals surface area (Å²) in [5.74, 6) is 2.84. The van der Waals surface area contributed by atoms with Gasteiger partial charge >= 0.3 is 0 Å². The largest absolute Gasteiger partial charge is 0.497 e. The molecule has 0 unspecified atom stereocenters. The summed E-state index contributed by atoms with van der Waals surface area (Å²) in [5.41, 5.74) is 3.82. The Bertz CT molecular complexity index is 1600. The number of nitrogens with one attached hydrogen (secondary N) is 2. The van der Waals surface area contributed by atoms with Crippen molar-refractivity contribution in [1.82, 2.24) is 25.1 Å². The second-order valence-electron chi connectivity index (χ2n) is 8.67. The molecule has 3 aromatic carbocycles. The van der Waals surface area contributed by atoms with E-state index in [-0.39, 0.29) is 11.7 Å². The predicted octanol–water partition coefficient (Wildman–Crippen LogP) is 4.89. The lowest BCUT2D eigenvalue weighted by atomic mass is 10.1. The van der Waals surface area contributed by atoms with Gasteiger partial charge in [0.25, 0.3) is 0 Å². The van der Waals surface area contributed by atoms with Gasteiger partial charge in [-0.15, -0.1) is 10.2 Å². The fraction of sp³-hybridized carbons (Fsp3) is 0.207. The van der Waals surface area contributed by atoms with Gasteiger partial charge in [0.1, 0.15) is 5.75 Å². The number of benzene rings is 3. The lowest BCUT2D eigenvalue weighted by Crippen LogP contribution is -2.27. The molecule has 0 fully saturated rings. The summed E-state index contributed by atoms with van der Waals surface area (Å²) in [6.45, 7) is 0.498. The number of hydrogen-bond acceptors (Lipinski definition) is 7. The Morgan fingerprint density at radius 2 is 1.79 bits per heavy atom. The summed E-state index contributed by atoms with van der Waals surface area (Å²) in [4.78, 5) is 16.0. The van der Waals surface area contributed by atoms with E-state index in [1.165, 1.54) is 11.8 Å². The van der Waals surface area contributed by atoms with Crippen LogP contribution in [0.4, 0.5) is 0 Å². The minimum absolute atomic E-state index is 0.0886. The zero-order chi connectivity index (χ0) is 27.2. The molecule has 0 saturated heterocycles. The van der Waals surface area contributed by atoms with Gasteiger partial charge in [-0.05, 0) is 42.3 Å². The molecule has 0 bridgehead atoms. The lowest BCUT2D eigenvalue weighted by Gasteiger charge is -2.12. The molecule has 5 aromatic rings. The van der Waals surface area contributed by atoms with Gasteiger partial charge in [0.15, 0.2) is 22.5 Å². The van der Waals surface area contributed by atoms with Crippen LogP contribution < -0.4 is 19.5 Å². The van der Waals surface area contributed by atoms with E-state index in [0.717, 1.165) is 33.5 Å². The van der Waals surface area contributed by atoms with Crippen LogP contribution in [0.2, 0.25) is 0 Å². The van der Waals surface area contributed by atoms with Crippen LogP contribution in [0, 0.1) is 0 Å². The molecule has 0 atom stereocenters. The third-order valence-electron chi connectivity index (χ3n) is 6.29. The van der Waals surface area contributed by atoms with Gasteiger partial charge in [-0.2, -0.15) is 0 Å². The number of methoxy groups -OCH3 is 3. The number of aromatic amines is 1. The van der Waals surface area contributed by atoms with Crippen LogP contribution in [0.1, 0.15) is 5.56 Å². The number of nitrogens with zero attached hydrogens (tertiary/aromatic N) is 3. The van der Waals surface area contributed by atoms with Crippen molar-refractivity contribution < 1.29 is 19.0 Å². The van der Waals surface area contributed by atoms with Gasteiger partial charge in [-0.25, -0.2) is 0 Å². The first kappa shape index (κ1) is 26.2. The summed E-state index contributed by atoms with van der Waals surface area (Å²) < 4.78 is 18.1. The van der Waals surface area contributed by atoms with Crippen molar-refractivity contribution in [2.45, 2.75) is 11.6 Å². The molecule has 0 aliphatic heterocycles. The monoisotopic (exact) mass is 543 g/mol. The molecule has 2 heterocycles. The van der Waals surface area contributed by atoms with Gasteiger partial charge in [-0.1, -0.05) is 42.1 Å². The van der Waals surface area contributed by atoms with Crippen LogP contribution in [0.3, 0.4) is 0 Å². The fourth-order valence-corrected chi connectivity index (χ4v) is 5.12. The average molecular weight is 544 g/mol. The first-order valence-corrected chi connectivity index (χ1v) is 13.4. The van der Waals surface area contributed by atoms with E-state index in [0.29, 0.717) is 35.4 Å². The second-order valence-corrected chi connectivity index (χ2v) is 9.61. The van der Waals surface area contributed by atoms with E-state index in [1.54, 1.807) is 21.3 Å². The van der Waals surface area contributed by atoms with Crippen LogP contribution in [0.5, 0.6) is 17.2 Å². The molecule has 1 amide bonds. The number of rotatable bonds is 11. The van der Waals surface area contributed by atoms with Gasteiger partial charge in [0, 0.05) is 35.3 Å². The smallest absolute Gasteiger partial charge is 0.230 e. The van der Waals surface area contributed by atoms with Gasteiger partial charge in [0.2, 0.25) is 5.91 Å². The number of ether oxygens (including phenoxy) is 3. The van der Waals surface area contributed by atoms with Crippen molar-refractivity contribution in [2.24, 2.45) is 0 Å². The second kappa shape index (κ2) is 12.0. The maximum absolute atomic E-state index is 12.7. The van der Waals surface area contributed by atoms with Crippen LogP contribution >= 0.6 is 11.8 Å². The highest BCUT2D eigenvalue weighted by atomic mass is 32.2. The number of hydrogen-bond donors (Lipinski definition) is 2. The fourth-order valence-electron chi connectivity index (χ4n) is 4.34. The molecule has 10 heteroatoms. The molecule has 0 aliphatic carbocycles. The number of thioether (sulfide) groups is 1. The SMILES string of the molecule is COc1cccc(-n2c(SCC(=O)NCCc3ccc(OC)c(OC)c3)nnc2-c2c[nH]c3ccccc23)c1. The Morgan fingerprint density at radius 3 is 2.62 bits per heavy atom. The van der Waals surface area contributed by atoms with Crippen LogP contribution in [0.15, 0.2) is 78.1 Å². The number of para-hydroxylation sites is 1. The van der Waals surface area contributed by atoms with Crippen molar-refractivity contribution in [2.75, 3.05) is 33.6 Å². The third-order valence-corrected chi connectivity index (χ3v) is 7.22. The number of H-pyrrole nitrogens is 1. The van der Waals surface area contributed by atoms with Crippen LogP contribution in [-0.2, 0) is 11.2 Å². The van der Waals surface area contributed by atoms with Gasteiger partial charge in [-0.3, -0.25) is 9.36 Å². The summed E-state index contributed by atoms with van der Waals surface area (Å²) in [5, 5.41) is 13.6. The molecule has 0 saturated carbocycles. The molecule has 2 N–H and O–H groups in total. The average Bonchev–Trinajstić information content (AvgIpc) is 3.60. The quantitative estimate of drug-likeness (QED) is 0.229. The Labute approximate surface area is 230 Å². The number of aromatic nitrogens is 4. The normalized spacial score (nSPS) is 10.9. The Kier molecular flexibility index (Phi) is 8.02. The predicted molar refractivity (Wildman–Crippen MR) is 152 cm³/mol. The Morgan fingerprint density at radius 1 is 0.949 bits per heavy atom. The Balaban J connectivity index is 1.32. The molecule has 0 aliphatic rings. The van der Waals surface area contributed by atoms with E-state index in [1.807, 2.05) is 77.5 Å². The van der Waals surface area contributed by atoms with Gasteiger partial charge < -0.3 is 24.5 Å². The third kappa shape index (κ3) is 5.70. The molecule has 2 aromatic heterocycles. The molecule has 200 valence electrons. The summed E-state index contributed by atoms with van der Waals surface area (Å²) in [6.07, 6.45) is 2.60. The maximum Gasteiger partial charge on any atom is 0.230 e. The highest BCUT2D eigenvalue weighted by molar-refractivity contribution is 7.99. The molecular formula is C29H29N5O4S.